The number of anilines is 1. The molecule has 0 aromatic carbocycles. The highest BCUT2D eigenvalue weighted by Crippen LogP contribution is 2.34. The molecule has 3 rings (SSSR count). The van der Waals surface area contributed by atoms with Crippen LogP contribution >= 0.6 is 24.0 Å². The highest BCUT2D eigenvalue weighted by atomic mass is 32.2. The van der Waals surface area contributed by atoms with Gasteiger partial charge in [0.1, 0.15) is 15.8 Å². The Morgan fingerprint density at radius 3 is 2.83 bits per heavy atom. The molecule has 160 valence electrons. The number of methoxy groups -OCH3 is 1. The molecule has 0 saturated carbocycles. The fraction of sp³-hybridized carbons (Fsp3) is 0.429. The van der Waals surface area contributed by atoms with E-state index in [4.69, 9.17) is 17.0 Å². The normalized spacial score (nSPS) is 16.7. The van der Waals surface area contributed by atoms with Crippen molar-refractivity contribution in [2.24, 2.45) is 0 Å². The van der Waals surface area contributed by atoms with Crippen LogP contribution in [0.3, 0.4) is 0 Å². The van der Waals surface area contributed by atoms with Crippen molar-refractivity contribution >= 4 is 51.7 Å². The Balaban J connectivity index is 2.07. The van der Waals surface area contributed by atoms with Crippen molar-refractivity contribution in [1.82, 2.24) is 14.3 Å². The van der Waals surface area contributed by atoms with E-state index in [0.29, 0.717) is 39.4 Å². The zero-order chi connectivity index (χ0) is 21.8. The first kappa shape index (κ1) is 22.5. The summed E-state index contributed by atoms with van der Waals surface area (Å²) in [5, 5.41) is 3.22. The van der Waals surface area contributed by atoms with Gasteiger partial charge in [-0.05, 0) is 44.4 Å². The van der Waals surface area contributed by atoms with Crippen molar-refractivity contribution in [3.8, 4) is 0 Å². The number of pyridine rings is 1. The first-order valence-electron chi connectivity index (χ1n) is 9.90. The Hall–Kier alpha value is -2.23. The summed E-state index contributed by atoms with van der Waals surface area (Å²) in [5.41, 5.74) is 1.61. The summed E-state index contributed by atoms with van der Waals surface area (Å²) in [6.45, 7) is 7.08. The Morgan fingerprint density at radius 1 is 1.37 bits per heavy atom. The van der Waals surface area contributed by atoms with Crippen LogP contribution in [0, 0.1) is 6.92 Å². The third kappa shape index (κ3) is 4.58. The Kier molecular flexibility index (Phi) is 7.27. The zero-order valence-corrected chi connectivity index (χ0v) is 19.2. The van der Waals surface area contributed by atoms with Crippen LogP contribution in [-0.4, -0.2) is 50.8 Å². The van der Waals surface area contributed by atoms with Gasteiger partial charge in [0, 0.05) is 32.5 Å². The maximum atomic E-state index is 13.3. The maximum Gasteiger partial charge on any atom is 0.267 e. The number of ether oxygens (including phenoxy) is 1. The number of aromatic nitrogens is 2. The van der Waals surface area contributed by atoms with Crippen LogP contribution in [0.15, 0.2) is 28.0 Å². The van der Waals surface area contributed by atoms with Gasteiger partial charge in [0.2, 0.25) is 0 Å². The molecular formula is C21H26N4O3S2. The van der Waals surface area contributed by atoms with E-state index in [2.05, 4.69) is 10.3 Å². The summed E-state index contributed by atoms with van der Waals surface area (Å²) < 4.78 is 7.11. The number of nitrogens with one attached hydrogen (secondary N) is 1. The minimum absolute atomic E-state index is 0.00788. The minimum atomic E-state index is -0.230. The second-order valence-electron chi connectivity index (χ2n) is 7.20. The maximum absolute atomic E-state index is 13.3. The molecule has 3 heterocycles. The van der Waals surface area contributed by atoms with Crippen molar-refractivity contribution in [2.45, 2.75) is 39.7 Å². The molecule has 1 amide bonds. The first-order valence-corrected chi connectivity index (χ1v) is 11.1. The zero-order valence-electron chi connectivity index (χ0n) is 17.6. The molecule has 0 spiro atoms. The van der Waals surface area contributed by atoms with Gasteiger partial charge in [0.25, 0.3) is 11.5 Å². The summed E-state index contributed by atoms with van der Waals surface area (Å²) >= 11 is 6.63. The Labute approximate surface area is 185 Å². The van der Waals surface area contributed by atoms with Crippen molar-refractivity contribution in [1.29, 1.82) is 0 Å². The van der Waals surface area contributed by atoms with E-state index in [1.807, 2.05) is 32.9 Å². The van der Waals surface area contributed by atoms with Gasteiger partial charge in [0.15, 0.2) is 0 Å². The summed E-state index contributed by atoms with van der Waals surface area (Å²) in [5.74, 6) is 0.284. The lowest BCUT2D eigenvalue weighted by Gasteiger charge is -2.21. The molecule has 0 aliphatic carbocycles. The molecule has 0 radical (unpaired) electrons. The smallest absolute Gasteiger partial charge is 0.267 e. The number of thiocarbonyl (C=S) groups is 1. The van der Waals surface area contributed by atoms with Gasteiger partial charge in [-0.1, -0.05) is 37.0 Å². The predicted molar refractivity (Wildman–Crippen MR) is 126 cm³/mol. The molecule has 1 aliphatic rings. The van der Waals surface area contributed by atoms with Crippen LogP contribution in [0.1, 0.15) is 37.8 Å². The Morgan fingerprint density at radius 2 is 2.13 bits per heavy atom. The summed E-state index contributed by atoms with van der Waals surface area (Å²) in [7, 11) is 1.65. The third-order valence-electron chi connectivity index (χ3n) is 4.95. The van der Waals surface area contributed by atoms with Crippen LogP contribution in [0.25, 0.3) is 11.7 Å². The first-order chi connectivity index (χ1) is 14.4. The summed E-state index contributed by atoms with van der Waals surface area (Å²) in [4.78, 5) is 32.9. The molecule has 1 N–H and O–H groups in total. The van der Waals surface area contributed by atoms with Crippen molar-refractivity contribution in [3.05, 3.63) is 44.7 Å². The number of thioether (sulfide) groups is 1. The monoisotopic (exact) mass is 446 g/mol. The minimum Gasteiger partial charge on any atom is -0.385 e. The van der Waals surface area contributed by atoms with Crippen LogP contribution in [-0.2, 0) is 9.53 Å². The summed E-state index contributed by atoms with van der Waals surface area (Å²) in [6.07, 6.45) is 4.93. The number of fused-ring (bicyclic) bond motifs is 1. The standard InChI is InChI=1S/C21H26N4O3S2/c1-5-14(3)25-20(27)16(30-21(25)29)11-15-18(22-9-6-10-28-4)23-17-8-7-13(2)12-24(17)19(15)26/h7-8,11-12,14,22H,5-6,9-10H2,1-4H3/b16-11-/t14-/m1/s1. The SMILES string of the molecule is CC[C@@H](C)N1C(=O)/C(=C/c2c(NCCCOC)nc3ccc(C)cn3c2=O)SC1=S. The van der Waals surface area contributed by atoms with Gasteiger partial charge in [-0.2, -0.15) is 0 Å². The van der Waals surface area contributed by atoms with Crippen molar-refractivity contribution in [2.75, 3.05) is 25.6 Å². The van der Waals surface area contributed by atoms with Crippen molar-refractivity contribution in [3.63, 3.8) is 0 Å². The molecule has 1 aliphatic heterocycles. The molecule has 0 unspecified atom stereocenters. The van der Waals surface area contributed by atoms with E-state index in [1.165, 1.54) is 16.2 Å². The second kappa shape index (κ2) is 9.72. The lowest BCUT2D eigenvalue weighted by molar-refractivity contribution is -0.123. The molecule has 7 nitrogen and oxygen atoms in total. The number of hydrogen-bond acceptors (Lipinski definition) is 7. The number of amides is 1. The van der Waals surface area contributed by atoms with Gasteiger partial charge in [-0.3, -0.25) is 18.9 Å². The fourth-order valence-electron chi connectivity index (χ4n) is 3.12. The molecular weight excluding hydrogens is 420 g/mol. The fourth-order valence-corrected chi connectivity index (χ4v) is 4.56. The van der Waals surface area contributed by atoms with Gasteiger partial charge < -0.3 is 10.1 Å². The molecule has 30 heavy (non-hydrogen) atoms. The van der Waals surface area contributed by atoms with E-state index < -0.39 is 0 Å². The lowest BCUT2D eigenvalue weighted by Crippen LogP contribution is -2.36. The molecule has 9 heteroatoms. The van der Waals surface area contributed by atoms with Crippen LogP contribution in [0.4, 0.5) is 5.82 Å². The number of aryl methyl sites for hydroxylation is 1. The van der Waals surface area contributed by atoms with Crippen LogP contribution < -0.4 is 10.9 Å². The van der Waals surface area contributed by atoms with Gasteiger partial charge >= 0.3 is 0 Å². The van der Waals surface area contributed by atoms with Crippen molar-refractivity contribution < 1.29 is 9.53 Å². The van der Waals surface area contributed by atoms with E-state index in [-0.39, 0.29) is 17.5 Å². The third-order valence-corrected chi connectivity index (χ3v) is 6.28. The van der Waals surface area contributed by atoms with Crippen LogP contribution in [0.2, 0.25) is 0 Å². The van der Waals surface area contributed by atoms with E-state index in [0.717, 1.165) is 18.4 Å². The van der Waals surface area contributed by atoms with Crippen LogP contribution in [0.5, 0.6) is 0 Å². The lowest BCUT2D eigenvalue weighted by atomic mass is 10.2. The number of hydrogen-bond donors (Lipinski definition) is 1. The number of rotatable bonds is 8. The molecule has 2 aromatic heterocycles. The second-order valence-corrected chi connectivity index (χ2v) is 8.87. The van der Waals surface area contributed by atoms with E-state index in [9.17, 15) is 9.59 Å². The largest absolute Gasteiger partial charge is 0.385 e. The highest BCUT2D eigenvalue weighted by Gasteiger charge is 2.35. The topological polar surface area (TPSA) is 75.9 Å². The highest BCUT2D eigenvalue weighted by molar-refractivity contribution is 8.26. The van der Waals surface area contributed by atoms with E-state index >= 15 is 0 Å². The molecule has 1 saturated heterocycles. The summed E-state index contributed by atoms with van der Waals surface area (Å²) in [6, 6.07) is 3.73. The molecule has 2 aromatic rings. The number of carbonyl (C=O) groups excluding carboxylic acids is 1. The molecule has 0 bridgehead atoms. The van der Waals surface area contributed by atoms with E-state index in [1.54, 1.807) is 24.3 Å². The number of carbonyl (C=O) groups is 1. The van der Waals surface area contributed by atoms with Gasteiger partial charge in [0.05, 0.1) is 10.5 Å². The molecule has 1 atom stereocenters. The average Bonchev–Trinajstić information content (AvgIpc) is 3.01. The number of nitrogens with zero attached hydrogens (tertiary/aromatic N) is 3. The van der Waals surface area contributed by atoms with Gasteiger partial charge in [-0.15, -0.1) is 0 Å². The molecule has 1 fully saturated rings. The quantitative estimate of drug-likeness (QED) is 0.378. The Bertz CT molecular complexity index is 1060. The van der Waals surface area contributed by atoms with Gasteiger partial charge in [-0.25, -0.2) is 4.98 Å². The average molecular weight is 447 g/mol. The predicted octanol–water partition coefficient (Wildman–Crippen LogP) is 3.45.